The molecule has 0 amide bonds. The molecule has 2 aliphatic carbocycles. The summed E-state index contributed by atoms with van der Waals surface area (Å²) in [6.45, 7) is 9.82. The van der Waals surface area contributed by atoms with Crippen molar-refractivity contribution in [3.63, 3.8) is 0 Å². The minimum absolute atomic E-state index is 0.0274. The van der Waals surface area contributed by atoms with Crippen LogP contribution in [0.1, 0.15) is 136 Å². The first kappa shape index (κ1) is 36.4. The van der Waals surface area contributed by atoms with E-state index in [9.17, 15) is 27.1 Å². The van der Waals surface area contributed by atoms with Crippen molar-refractivity contribution in [1.82, 2.24) is 15.0 Å². The van der Waals surface area contributed by atoms with Gasteiger partial charge in [0.1, 0.15) is 0 Å². The van der Waals surface area contributed by atoms with Crippen LogP contribution in [0.4, 0.5) is 32.3 Å². The van der Waals surface area contributed by atoms with Crippen LogP contribution < -0.4 is 9.64 Å². The van der Waals surface area contributed by atoms with Crippen LogP contribution in [0.15, 0.2) is 36.7 Å². The number of fused-ring (bicyclic) bond motifs is 1. The van der Waals surface area contributed by atoms with Crippen molar-refractivity contribution in [3.05, 3.63) is 75.9 Å². The molecule has 2 aromatic heterocycles. The van der Waals surface area contributed by atoms with E-state index >= 15 is 4.39 Å². The fourth-order valence-electron chi connectivity index (χ4n) is 7.88. The van der Waals surface area contributed by atoms with Gasteiger partial charge < -0.3 is 14.7 Å². The Labute approximate surface area is 289 Å². The number of nitrogens with zero attached hydrogens (tertiary/aromatic N) is 4. The average molecular weight is 705 g/mol. The molecular weight excluding hydrogens is 658 g/mol. The van der Waals surface area contributed by atoms with Gasteiger partial charge in [0.05, 0.1) is 36.4 Å². The van der Waals surface area contributed by atoms with E-state index in [1.54, 1.807) is 12.4 Å². The maximum atomic E-state index is 17.2. The summed E-state index contributed by atoms with van der Waals surface area (Å²) < 4.78 is 92.2. The quantitative estimate of drug-likeness (QED) is 0.236. The molecule has 0 spiro atoms. The van der Waals surface area contributed by atoms with Crippen molar-refractivity contribution < 1.29 is 36.2 Å². The molecular formula is C38H46F6N4O2. The summed E-state index contributed by atoms with van der Waals surface area (Å²) >= 11 is 0. The predicted octanol–water partition coefficient (Wildman–Crippen LogP) is 9.67. The van der Waals surface area contributed by atoms with E-state index in [1.807, 2.05) is 18.7 Å². The zero-order valence-electron chi connectivity index (χ0n) is 29.0. The van der Waals surface area contributed by atoms with Crippen LogP contribution in [0.25, 0.3) is 0 Å². The first-order chi connectivity index (χ1) is 23.5. The van der Waals surface area contributed by atoms with Crippen LogP contribution in [-0.2, 0) is 12.6 Å². The molecule has 12 heteroatoms. The summed E-state index contributed by atoms with van der Waals surface area (Å²) in [5.74, 6) is -2.03. The van der Waals surface area contributed by atoms with E-state index in [1.165, 1.54) is 0 Å². The molecule has 1 N–H and O–H groups in total. The van der Waals surface area contributed by atoms with Crippen LogP contribution >= 0.6 is 0 Å². The number of aliphatic hydroxyl groups is 1. The van der Waals surface area contributed by atoms with Gasteiger partial charge in [-0.3, -0.25) is 4.98 Å². The monoisotopic (exact) mass is 704 g/mol. The van der Waals surface area contributed by atoms with Crippen molar-refractivity contribution in [2.75, 3.05) is 24.6 Å². The Kier molecular flexibility index (Phi) is 10.2. The zero-order chi connectivity index (χ0) is 36.0. The van der Waals surface area contributed by atoms with E-state index in [4.69, 9.17) is 9.72 Å². The highest BCUT2D eigenvalue weighted by Gasteiger charge is 2.44. The molecule has 6 nitrogen and oxygen atoms in total. The molecule has 1 saturated heterocycles. The number of hydrogen-bond acceptors (Lipinski definition) is 6. The highest BCUT2D eigenvalue weighted by Crippen LogP contribution is 2.52. The fraction of sp³-hybridized carbons (Fsp3) is 0.605. The van der Waals surface area contributed by atoms with E-state index in [-0.39, 0.29) is 48.1 Å². The Morgan fingerprint density at radius 3 is 2.14 bits per heavy atom. The van der Waals surface area contributed by atoms with Crippen LogP contribution in [0.3, 0.4) is 0 Å². The van der Waals surface area contributed by atoms with Gasteiger partial charge in [-0.2, -0.15) is 13.2 Å². The number of alkyl halides is 6. The third kappa shape index (κ3) is 7.90. The maximum Gasteiger partial charge on any atom is 0.416 e. The topological polar surface area (TPSA) is 71.4 Å². The second-order valence-corrected chi connectivity index (χ2v) is 15.5. The number of halogens is 6. The van der Waals surface area contributed by atoms with Gasteiger partial charge in [-0.05, 0) is 79.0 Å². The SMILES string of the molecule is CC(C)COc1cnc(N2CCC(c3nc4c(c(C5CCC(F)(F)CC5)c3[C@@H](F)c3ccc(C(F)(F)F)cc3)[C@@H](O)CC(C)(C)C4)CC2)nc1. The van der Waals surface area contributed by atoms with Crippen molar-refractivity contribution in [2.24, 2.45) is 11.3 Å². The van der Waals surface area contributed by atoms with Gasteiger partial charge in [0, 0.05) is 48.7 Å². The lowest BCUT2D eigenvalue weighted by molar-refractivity contribution is -0.137. The number of ether oxygens (including phenoxy) is 1. The van der Waals surface area contributed by atoms with Gasteiger partial charge in [-0.1, -0.05) is 39.8 Å². The number of rotatable bonds is 8. The molecule has 50 heavy (non-hydrogen) atoms. The summed E-state index contributed by atoms with van der Waals surface area (Å²) in [5, 5.41) is 11.6. The Bertz CT molecular complexity index is 1630. The lowest BCUT2D eigenvalue weighted by Gasteiger charge is -2.41. The smallest absolute Gasteiger partial charge is 0.416 e. The molecule has 0 unspecified atom stereocenters. The molecule has 3 aromatic rings. The summed E-state index contributed by atoms with van der Waals surface area (Å²) in [6, 6.07) is 4.01. The predicted molar refractivity (Wildman–Crippen MR) is 178 cm³/mol. The largest absolute Gasteiger partial charge is 0.490 e. The van der Waals surface area contributed by atoms with E-state index in [0.717, 1.165) is 24.3 Å². The third-order valence-corrected chi connectivity index (χ3v) is 10.4. The maximum absolute atomic E-state index is 17.2. The molecule has 0 radical (unpaired) electrons. The van der Waals surface area contributed by atoms with Crippen LogP contribution in [-0.4, -0.2) is 45.7 Å². The number of anilines is 1. The number of aromatic nitrogens is 3. The van der Waals surface area contributed by atoms with Gasteiger partial charge in [-0.25, -0.2) is 23.1 Å². The van der Waals surface area contributed by atoms with Gasteiger partial charge in [0.25, 0.3) is 0 Å². The Balaban J connectivity index is 1.40. The molecule has 1 aromatic carbocycles. The van der Waals surface area contributed by atoms with E-state index in [2.05, 4.69) is 23.8 Å². The Hall–Kier alpha value is -3.41. The minimum atomic E-state index is -4.59. The molecule has 3 heterocycles. The number of hydrogen-bond donors (Lipinski definition) is 1. The molecule has 272 valence electrons. The highest BCUT2D eigenvalue weighted by atomic mass is 19.4. The Morgan fingerprint density at radius 1 is 0.940 bits per heavy atom. The first-order valence-electron chi connectivity index (χ1n) is 17.6. The lowest BCUT2D eigenvalue weighted by atomic mass is 9.68. The van der Waals surface area contributed by atoms with E-state index in [0.29, 0.717) is 85.5 Å². The van der Waals surface area contributed by atoms with Crippen molar-refractivity contribution in [2.45, 2.75) is 115 Å². The standard InChI is InChI=1S/C38H46F6N4O2/c1-22(2)21-50-27-19-45-35(46-20-27)48-15-11-25(12-16-48)34-32(33(39)24-5-7-26(8-6-24)38(42,43)44)30(23-9-13-37(40,41)14-10-23)31-28(47-34)17-36(3,4)18-29(31)49/h5-8,19-20,22-23,25,29,33,49H,9-18,21H2,1-4H3/t29-,33-/m0/s1. The van der Waals surface area contributed by atoms with Crippen LogP contribution in [0.5, 0.6) is 5.75 Å². The third-order valence-electron chi connectivity index (χ3n) is 10.4. The molecule has 0 bridgehead atoms. The van der Waals surface area contributed by atoms with Crippen molar-refractivity contribution >= 4 is 5.95 Å². The number of pyridine rings is 1. The van der Waals surface area contributed by atoms with Crippen molar-refractivity contribution in [3.8, 4) is 5.75 Å². The van der Waals surface area contributed by atoms with E-state index < -0.39 is 35.9 Å². The van der Waals surface area contributed by atoms with Crippen molar-refractivity contribution in [1.29, 1.82) is 0 Å². The molecule has 3 aliphatic rings. The molecule has 1 saturated carbocycles. The fourth-order valence-corrected chi connectivity index (χ4v) is 7.88. The summed E-state index contributed by atoms with van der Waals surface area (Å²) in [4.78, 5) is 16.2. The lowest BCUT2D eigenvalue weighted by Crippen LogP contribution is -2.36. The number of aliphatic hydroxyl groups excluding tert-OH is 1. The Morgan fingerprint density at radius 2 is 1.56 bits per heavy atom. The minimum Gasteiger partial charge on any atom is -0.490 e. The molecule has 6 rings (SSSR count). The second kappa shape index (κ2) is 14.0. The number of benzene rings is 1. The molecule has 1 aliphatic heterocycles. The highest BCUT2D eigenvalue weighted by molar-refractivity contribution is 5.51. The van der Waals surface area contributed by atoms with Gasteiger partial charge in [0.2, 0.25) is 11.9 Å². The van der Waals surface area contributed by atoms with Crippen LogP contribution in [0.2, 0.25) is 0 Å². The van der Waals surface area contributed by atoms with Crippen LogP contribution in [0, 0.1) is 11.3 Å². The van der Waals surface area contributed by atoms with Gasteiger partial charge >= 0.3 is 6.18 Å². The molecule has 2 fully saturated rings. The summed E-state index contributed by atoms with van der Waals surface area (Å²) in [6.07, 6.45) is -2.58. The average Bonchev–Trinajstić information content (AvgIpc) is 3.06. The molecule has 2 atom stereocenters. The normalized spacial score (nSPS) is 22.0. The first-order valence-corrected chi connectivity index (χ1v) is 17.6. The summed E-state index contributed by atoms with van der Waals surface area (Å²) in [5.41, 5.74) is 1.26. The summed E-state index contributed by atoms with van der Waals surface area (Å²) in [7, 11) is 0. The number of piperidine rings is 1. The van der Waals surface area contributed by atoms with Gasteiger partial charge in [0.15, 0.2) is 11.9 Å². The zero-order valence-corrected chi connectivity index (χ0v) is 29.0. The second-order valence-electron chi connectivity index (χ2n) is 15.5. The van der Waals surface area contributed by atoms with Gasteiger partial charge in [-0.15, -0.1) is 0 Å².